The maximum atomic E-state index is 13.9. The molecule has 0 heterocycles. The molecule has 2 amide bonds. The number of benzene rings is 3. The lowest BCUT2D eigenvalue weighted by Crippen LogP contribution is -2.51. The fourth-order valence-corrected chi connectivity index (χ4v) is 5.74. The Morgan fingerprint density at radius 2 is 1.63 bits per heavy atom. The first-order valence-corrected chi connectivity index (χ1v) is 14.4. The standard InChI is InChI=1S/C28H31Cl2N3O4S/c1-4-16-31-28(35)21(3)32(18-22-11-9-8-10-20(22)2)27(34)19-33(26-17-23(29)14-15-25(26)30)38(36,37)24-12-6-5-7-13-24/h5-15,17,21H,4,16,18-19H2,1-3H3,(H,31,35). The van der Waals surface area contributed by atoms with Crippen molar-refractivity contribution in [2.45, 2.75) is 44.7 Å². The van der Waals surface area contributed by atoms with Crippen LogP contribution in [0.15, 0.2) is 77.7 Å². The molecule has 1 unspecified atom stereocenters. The Kier molecular flexibility index (Phi) is 10.2. The predicted molar refractivity (Wildman–Crippen MR) is 152 cm³/mol. The van der Waals surface area contributed by atoms with Gasteiger partial charge in [0.1, 0.15) is 12.6 Å². The zero-order chi connectivity index (χ0) is 27.9. The van der Waals surface area contributed by atoms with Gasteiger partial charge in [0.2, 0.25) is 11.8 Å². The molecule has 0 saturated carbocycles. The van der Waals surface area contributed by atoms with E-state index in [1.807, 2.05) is 38.1 Å². The lowest BCUT2D eigenvalue weighted by molar-refractivity contribution is -0.139. The average molecular weight is 577 g/mol. The second kappa shape index (κ2) is 13.1. The molecule has 0 fully saturated rings. The molecule has 0 bridgehead atoms. The molecular formula is C28H31Cl2N3O4S. The Hall–Kier alpha value is -3.07. The monoisotopic (exact) mass is 575 g/mol. The summed E-state index contributed by atoms with van der Waals surface area (Å²) in [6.45, 7) is 5.47. The van der Waals surface area contributed by atoms with Crippen LogP contribution < -0.4 is 9.62 Å². The van der Waals surface area contributed by atoms with E-state index in [2.05, 4.69) is 5.32 Å². The molecule has 3 rings (SSSR count). The van der Waals surface area contributed by atoms with Crippen molar-refractivity contribution in [2.75, 3.05) is 17.4 Å². The van der Waals surface area contributed by atoms with E-state index in [4.69, 9.17) is 23.2 Å². The number of amides is 2. The molecule has 7 nitrogen and oxygen atoms in total. The van der Waals surface area contributed by atoms with E-state index in [1.54, 1.807) is 25.1 Å². The summed E-state index contributed by atoms with van der Waals surface area (Å²) in [4.78, 5) is 28.2. The number of hydrogen-bond donors (Lipinski definition) is 1. The SMILES string of the molecule is CCCNC(=O)C(C)N(Cc1ccccc1C)C(=O)CN(c1cc(Cl)ccc1Cl)S(=O)(=O)c1ccccc1. The van der Waals surface area contributed by atoms with E-state index in [1.165, 1.54) is 35.2 Å². The van der Waals surface area contributed by atoms with Crippen molar-refractivity contribution < 1.29 is 18.0 Å². The van der Waals surface area contributed by atoms with E-state index < -0.39 is 28.5 Å². The Bertz CT molecular complexity index is 1380. The van der Waals surface area contributed by atoms with Gasteiger partial charge < -0.3 is 10.2 Å². The fraction of sp³-hybridized carbons (Fsp3) is 0.286. The van der Waals surface area contributed by atoms with Crippen molar-refractivity contribution in [3.63, 3.8) is 0 Å². The minimum absolute atomic E-state index is 0.0111. The maximum absolute atomic E-state index is 13.9. The summed E-state index contributed by atoms with van der Waals surface area (Å²) in [5, 5.41) is 3.19. The van der Waals surface area contributed by atoms with Gasteiger partial charge in [0.15, 0.2) is 0 Å². The Morgan fingerprint density at radius 1 is 0.974 bits per heavy atom. The molecule has 0 spiro atoms. The largest absolute Gasteiger partial charge is 0.354 e. The average Bonchev–Trinajstić information content (AvgIpc) is 2.91. The number of halogens is 2. The molecule has 3 aromatic carbocycles. The molecule has 0 aromatic heterocycles. The van der Waals surface area contributed by atoms with E-state index in [9.17, 15) is 18.0 Å². The number of rotatable bonds is 11. The summed E-state index contributed by atoms with van der Waals surface area (Å²) in [5.74, 6) is -0.894. The van der Waals surface area contributed by atoms with Crippen molar-refractivity contribution >= 4 is 50.7 Å². The molecule has 1 N–H and O–H groups in total. The quantitative estimate of drug-likeness (QED) is 0.330. The Morgan fingerprint density at radius 3 is 2.29 bits per heavy atom. The summed E-state index contributed by atoms with van der Waals surface area (Å²) in [6.07, 6.45) is 0.737. The summed E-state index contributed by atoms with van der Waals surface area (Å²) in [6, 6.07) is 18.9. The minimum atomic E-state index is -4.22. The van der Waals surface area contributed by atoms with Crippen LogP contribution in [0.2, 0.25) is 10.0 Å². The highest BCUT2D eigenvalue weighted by atomic mass is 35.5. The highest BCUT2D eigenvalue weighted by molar-refractivity contribution is 7.92. The molecule has 0 aliphatic rings. The van der Waals surface area contributed by atoms with Gasteiger partial charge in [0, 0.05) is 18.1 Å². The van der Waals surface area contributed by atoms with Gasteiger partial charge in [-0.05, 0) is 61.7 Å². The van der Waals surface area contributed by atoms with Gasteiger partial charge in [-0.1, -0.05) is 72.6 Å². The lowest BCUT2D eigenvalue weighted by atomic mass is 10.1. The first-order valence-electron chi connectivity index (χ1n) is 12.2. The van der Waals surface area contributed by atoms with Gasteiger partial charge in [0.05, 0.1) is 15.6 Å². The second-order valence-corrected chi connectivity index (χ2v) is 11.5. The maximum Gasteiger partial charge on any atom is 0.264 e. The molecule has 3 aromatic rings. The lowest BCUT2D eigenvalue weighted by Gasteiger charge is -2.32. The van der Waals surface area contributed by atoms with Crippen LogP contribution >= 0.6 is 23.2 Å². The van der Waals surface area contributed by atoms with Crippen molar-refractivity contribution in [1.29, 1.82) is 0 Å². The van der Waals surface area contributed by atoms with Crippen molar-refractivity contribution in [3.8, 4) is 0 Å². The third kappa shape index (κ3) is 7.07. The van der Waals surface area contributed by atoms with Crippen molar-refractivity contribution in [1.82, 2.24) is 10.2 Å². The van der Waals surface area contributed by atoms with Crippen LogP contribution in [-0.4, -0.2) is 44.3 Å². The molecule has 0 aliphatic heterocycles. The number of sulfonamides is 1. The second-order valence-electron chi connectivity index (χ2n) is 8.84. The molecule has 202 valence electrons. The van der Waals surface area contributed by atoms with E-state index >= 15 is 0 Å². The molecule has 0 radical (unpaired) electrons. The summed E-state index contributed by atoms with van der Waals surface area (Å²) in [7, 11) is -4.22. The third-order valence-corrected chi connectivity index (χ3v) is 8.43. The van der Waals surface area contributed by atoms with Gasteiger partial charge in [-0.25, -0.2) is 8.42 Å². The van der Waals surface area contributed by atoms with Crippen molar-refractivity contribution in [3.05, 3.63) is 94.0 Å². The van der Waals surface area contributed by atoms with Gasteiger partial charge in [-0.2, -0.15) is 0 Å². The highest BCUT2D eigenvalue weighted by Crippen LogP contribution is 2.33. The van der Waals surface area contributed by atoms with Crippen LogP contribution in [0.25, 0.3) is 0 Å². The zero-order valence-corrected chi connectivity index (χ0v) is 23.9. The van der Waals surface area contributed by atoms with E-state index in [-0.39, 0.29) is 33.1 Å². The number of hydrogen-bond acceptors (Lipinski definition) is 4. The number of carbonyl (C=O) groups excluding carboxylic acids is 2. The summed E-state index contributed by atoms with van der Waals surface area (Å²) in [5.41, 5.74) is 1.85. The zero-order valence-electron chi connectivity index (χ0n) is 21.5. The molecule has 0 aliphatic carbocycles. The van der Waals surface area contributed by atoms with Gasteiger partial charge in [-0.3, -0.25) is 13.9 Å². The molecule has 1 atom stereocenters. The van der Waals surface area contributed by atoms with Gasteiger partial charge in [-0.15, -0.1) is 0 Å². The first-order chi connectivity index (χ1) is 18.1. The van der Waals surface area contributed by atoms with Crippen LogP contribution in [-0.2, 0) is 26.2 Å². The molecule has 10 heteroatoms. The number of carbonyl (C=O) groups is 2. The number of nitrogens with zero attached hydrogens (tertiary/aromatic N) is 2. The Labute approximate surface area is 234 Å². The van der Waals surface area contributed by atoms with Gasteiger partial charge in [0.25, 0.3) is 10.0 Å². The first kappa shape index (κ1) is 29.5. The number of nitrogens with one attached hydrogen (secondary N) is 1. The Balaban J connectivity index is 2.06. The van der Waals surface area contributed by atoms with Crippen LogP contribution in [0.1, 0.15) is 31.4 Å². The molecule has 0 saturated heterocycles. The summed E-state index contributed by atoms with van der Waals surface area (Å²) < 4.78 is 28.5. The van der Waals surface area contributed by atoms with Crippen LogP contribution in [0.5, 0.6) is 0 Å². The van der Waals surface area contributed by atoms with Crippen LogP contribution in [0, 0.1) is 6.92 Å². The normalized spacial score (nSPS) is 12.0. The molecule has 38 heavy (non-hydrogen) atoms. The van der Waals surface area contributed by atoms with Crippen molar-refractivity contribution in [2.24, 2.45) is 0 Å². The minimum Gasteiger partial charge on any atom is -0.354 e. The van der Waals surface area contributed by atoms with Gasteiger partial charge >= 0.3 is 0 Å². The highest BCUT2D eigenvalue weighted by Gasteiger charge is 2.33. The topological polar surface area (TPSA) is 86.8 Å². The molecular weight excluding hydrogens is 545 g/mol. The predicted octanol–water partition coefficient (Wildman–Crippen LogP) is 5.44. The summed E-state index contributed by atoms with van der Waals surface area (Å²) >= 11 is 12.6. The van der Waals surface area contributed by atoms with E-state index in [0.717, 1.165) is 21.9 Å². The number of anilines is 1. The smallest absolute Gasteiger partial charge is 0.264 e. The third-order valence-electron chi connectivity index (χ3n) is 6.11. The number of aryl methyl sites for hydroxylation is 1. The van der Waals surface area contributed by atoms with E-state index in [0.29, 0.717) is 6.54 Å². The fourth-order valence-electron chi connectivity index (χ4n) is 3.86. The van der Waals surface area contributed by atoms with Crippen LogP contribution in [0.4, 0.5) is 5.69 Å². The van der Waals surface area contributed by atoms with Crippen LogP contribution in [0.3, 0.4) is 0 Å².